The number of ether oxygens (including phenoxy) is 2. The minimum Gasteiger partial charge on any atom is -0.493 e. The summed E-state index contributed by atoms with van der Waals surface area (Å²) in [6.07, 6.45) is 3.18. The van der Waals surface area contributed by atoms with Crippen LogP contribution in [-0.4, -0.2) is 24.3 Å². The van der Waals surface area contributed by atoms with Crippen molar-refractivity contribution in [3.8, 4) is 11.5 Å². The van der Waals surface area contributed by atoms with E-state index in [0.717, 1.165) is 19.3 Å². The van der Waals surface area contributed by atoms with E-state index in [9.17, 15) is 4.79 Å². The molecule has 1 saturated carbocycles. The molecule has 0 unspecified atom stereocenters. The zero-order valence-corrected chi connectivity index (χ0v) is 10.9. The zero-order valence-electron chi connectivity index (χ0n) is 10.1. The van der Waals surface area contributed by atoms with Gasteiger partial charge in [0.25, 0.3) is 0 Å². The number of carboxylic acid groups (broad SMARTS) is 1. The maximum atomic E-state index is 10.9. The van der Waals surface area contributed by atoms with Gasteiger partial charge in [-0.3, -0.25) is 4.79 Å². The summed E-state index contributed by atoms with van der Waals surface area (Å²) < 4.78 is 11.0. The molecule has 1 aliphatic carbocycles. The molecule has 98 valence electrons. The van der Waals surface area contributed by atoms with E-state index in [4.69, 9.17) is 26.2 Å². The Balaban J connectivity index is 2.33. The molecule has 4 nitrogen and oxygen atoms in total. The van der Waals surface area contributed by atoms with Gasteiger partial charge in [0.2, 0.25) is 0 Å². The predicted octanol–water partition coefficient (Wildman–Crippen LogP) is 2.91. The van der Waals surface area contributed by atoms with Crippen LogP contribution in [0.4, 0.5) is 0 Å². The molecule has 1 aliphatic rings. The summed E-state index contributed by atoms with van der Waals surface area (Å²) in [6.45, 7) is 0. The van der Waals surface area contributed by atoms with Crippen LogP contribution in [0.25, 0.3) is 0 Å². The number of hydrogen-bond donors (Lipinski definition) is 1. The van der Waals surface area contributed by atoms with E-state index in [2.05, 4.69) is 0 Å². The predicted molar refractivity (Wildman–Crippen MR) is 67.6 cm³/mol. The summed E-state index contributed by atoms with van der Waals surface area (Å²) in [7, 11) is 1.52. The minimum absolute atomic E-state index is 0.126. The average molecular weight is 271 g/mol. The maximum Gasteiger partial charge on any atom is 0.307 e. The summed E-state index contributed by atoms with van der Waals surface area (Å²) in [5.74, 6) is 0.0810. The van der Waals surface area contributed by atoms with Crippen LogP contribution in [0, 0.1) is 0 Å². The number of methoxy groups -OCH3 is 1. The van der Waals surface area contributed by atoms with Crippen LogP contribution in [0.3, 0.4) is 0 Å². The molecule has 0 bridgehead atoms. The molecule has 1 aromatic carbocycles. The van der Waals surface area contributed by atoms with E-state index < -0.39 is 5.97 Å². The molecule has 0 aliphatic heterocycles. The second kappa shape index (κ2) is 5.48. The van der Waals surface area contributed by atoms with Gasteiger partial charge in [-0.1, -0.05) is 11.6 Å². The molecule has 5 heteroatoms. The first kappa shape index (κ1) is 13.0. The Kier molecular flexibility index (Phi) is 3.97. The Morgan fingerprint density at radius 2 is 2.22 bits per heavy atom. The van der Waals surface area contributed by atoms with Gasteiger partial charge in [0, 0.05) is 16.7 Å². The van der Waals surface area contributed by atoms with E-state index in [1.54, 1.807) is 12.1 Å². The highest BCUT2D eigenvalue weighted by Gasteiger charge is 2.23. The molecule has 0 radical (unpaired) electrons. The zero-order chi connectivity index (χ0) is 13.1. The van der Waals surface area contributed by atoms with E-state index in [0.29, 0.717) is 22.1 Å². The highest BCUT2D eigenvalue weighted by molar-refractivity contribution is 6.30. The molecule has 0 aromatic heterocycles. The molecule has 0 amide bonds. The van der Waals surface area contributed by atoms with Crippen molar-refractivity contribution in [2.75, 3.05) is 7.11 Å². The maximum absolute atomic E-state index is 10.9. The van der Waals surface area contributed by atoms with Crippen LogP contribution in [0.1, 0.15) is 24.8 Å². The molecule has 0 heterocycles. The smallest absolute Gasteiger partial charge is 0.307 e. The van der Waals surface area contributed by atoms with E-state index >= 15 is 0 Å². The summed E-state index contributed by atoms with van der Waals surface area (Å²) in [4.78, 5) is 10.9. The molecular weight excluding hydrogens is 256 g/mol. The van der Waals surface area contributed by atoms with Gasteiger partial charge in [-0.25, -0.2) is 0 Å². The summed E-state index contributed by atoms with van der Waals surface area (Å²) in [5, 5.41) is 9.36. The van der Waals surface area contributed by atoms with Crippen LogP contribution < -0.4 is 9.47 Å². The first-order valence-electron chi connectivity index (χ1n) is 5.85. The van der Waals surface area contributed by atoms with Gasteiger partial charge < -0.3 is 14.6 Å². The Bertz CT molecular complexity index is 455. The fourth-order valence-electron chi connectivity index (χ4n) is 1.86. The monoisotopic (exact) mass is 270 g/mol. The standard InChI is InChI=1S/C13H15ClO4/c1-17-11-7-9(14)5-8(6-12(15)16)13(11)18-10-3-2-4-10/h5,7,10H,2-4,6H2,1H3,(H,15,16). The summed E-state index contributed by atoms with van der Waals surface area (Å²) in [6, 6.07) is 3.26. The number of halogens is 1. The second-order valence-corrected chi connectivity index (χ2v) is 4.77. The molecule has 1 fully saturated rings. The van der Waals surface area contributed by atoms with Gasteiger partial charge in [-0.2, -0.15) is 0 Å². The van der Waals surface area contributed by atoms with Crippen molar-refractivity contribution in [2.45, 2.75) is 31.8 Å². The molecule has 0 atom stereocenters. The Morgan fingerprint density at radius 1 is 1.50 bits per heavy atom. The largest absolute Gasteiger partial charge is 0.493 e. The second-order valence-electron chi connectivity index (χ2n) is 4.34. The first-order chi connectivity index (χ1) is 8.60. The van der Waals surface area contributed by atoms with Gasteiger partial charge in [0.15, 0.2) is 11.5 Å². The number of rotatable bonds is 5. The number of carboxylic acids is 1. The fourth-order valence-corrected chi connectivity index (χ4v) is 2.09. The minimum atomic E-state index is -0.919. The third-order valence-corrected chi connectivity index (χ3v) is 3.21. The van der Waals surface area contributed by atoms with E-state index in [1.165, 1.54) is 7.11 Å². The topological polar surface area (TPSA) is 55.8 Å². The average Bonchev–Trinajstić information content (AvgIpc) is 2.23. The summed E-state index contributed by atoms with van der Waals surface area (Å²) in [5.41, 5.74) is 0.554. The molecule has 0 spiro atoms. The molecular formula is C13H15ClO4. The molecule has 1 N–H and O–H groups in total. The van der Waals surface area contributed by atoms with Crippen molar-refractivity contribution < 1.29 is 19.4 Å². The van der Waals surface area contributed by atoms with Gasteiger partial charge in [0.1, 0.15) is 0 Å². The van der Waals surface area contributed by atoms with Gasteiger partial charge in [-0.05, 0) is 25.3 Å². The van der Waals surface area contributed by atoms with Crippen LogP contribution in [0.15, 0.2) is 12.1 Å². The SMILES string of the molecule is COc1cc(Cl)cc(CC(=O)O)c1OC1CCC1. The van der Waals surface area contributed by atoms with Gasteiger partial charge >= 0.3 is 5.97 Å². The van der Waals surface area contributed by atoms with Crippen molar-refractivity contribution in [1.29, 1.82) is 0 Å². The Labute approximate surface area is 110 Å². The molecule has 0 saturated heterocycles. The van der Waals surface area contributed by atoms with Crippen LogP contribution >= 0.6 is 11.6 Å². The Hall–Kier alpha value is -1.42. The van der Waals surface area contributed by atoms with Crippen molar-refractivity contribution in [2.24, 2.45) is 0 Å². The lowest BCUT2D eigenvalue weighted by Gasteiger charge is -2.28. The van der Waals surface area contributed by atoms with Crippen LogP contribution in [0.2, 0.25) is 5.02 Å². The molecule has 2 rings (SSSR count). The normalized spacial score (nSPS) is 15.0. The molecule has 1 aromatic rings. The van der Waals surface area contributed by atoms with Gasteiger partial charge in [0.05, 0.1) is 19.6 Å². The quantitative estimate of drug-likeness (QED) is 0.894. The highest BCUT2D eigenvalue weighted by atomic mass is 35.5. The lowest BCUT2D eigenvalue weighted by atomic mass is 9.96. The van der Waals surface area contributed by atoms with Gasteiger partial charge in [-0.15, -0.1) is 0 Å². The van der Waals surface area contributed by atoms with E-state index in [-0.39, 0.29) is 12.5 Å². The number of benzene rings is 1. The summed E-state index contributed by atoms with van der Waals surface area (Å²) >= 11 is 5.94. The fraction of sp³-hybridized carbons (Fsp3) is 0.462. The lowest BCUT2D eigenvalue weighted by molar-refractivity contribution is -0.136. The lowest BCUT2D eigenvalue weighted by Crippen LogP contribution is -2.25. The van der Waals surface area contributed by atoms with Crippen molar-refractivity contribution >= 4 is 17.6 Å². The van der Waals surface area contributed by atoms with E-state index in [1.807, 2.05) is 0 Å². The van der Waals surface area contributed by atoms with Crippen molar-refractivity contribution in [3.63, 3.8) is 0 Å². The number of hydrogen-bond acceptors (Lipinski definition) is 3. The molecule has 18 heavy (non-hydrogen) atoms. The third-order valence-electron chi connectivity index (χ3n) is 2.99. The van der Waals surface area contributed by atoms with Crippen molar-refractivity contribution in [3.05, 3.63) is 22.7 Å². The first-order valence-corrected chi connectivity index (χ1v) is 6.23. The third kappa shape index (κ3) is 2.88. The number of carbonyl (C=O) groups is 1. The number of aliphatic carboxylic acids is 1. The van der Waals surface area contributed by atoms with Crippen LogP contribution in [-0.2, 0) is 11.2 Å². The Morgan fingerprint density at radius 3 is 2.72 bits per heavy atom. The van der Waals surface area contributed by atoms with Crippen LogP contribution in [0.5, 0.6) is 11.5 Å². The highest BCUT2D eigenvalue weighted by Crippen LogP contribution is 2.38. The van der Waals surface area contributed by atoms with Crippen molar-refractivity contribution in [1.82, 2.24) is 0 Å².